The molecule has 0 saturated carbocycles. The van der Waals surface area contributed by atoms with Gasteiger partial charge in [0.25, 0.3) is 0 Å². The van der Waals surface area contributed by atoms with Crippen LogP contribution in [0.2, 0.25) is 0 Å². The second kappa shape index (κ2) is 8.31. The minimum atomic E-state index is 1.16. The fourth-order valence-corrected chi connectivity index (χ4v) is 1.50. The van der Waals surface area contributed by atoms with Crippen molar-refractivity contribution < 1.29 is 0 Å². The molecule has 0 fully saturated rings. The molecule has 0 aliphatic heterocycles. The monoisotopic (exact) mass is 183 g/mol. The van der Waals surface area contributed by atoms with Crippen molar-refractivity contribution in [1.29, 1.82) is 0 Å². The summed E-state index contributed by atoms with van der Waals surface area (Å²) in [4.78, 5) is 2.52. The smallest absolute Gasteiger partial charge is 0.0189 e. The van der Waals surface area contributed by atoms with E-state index in [1.165, 1.54) is 31.5 Å². The maximum atomic E-state index is 2.52. The van der Waals surface area contributed by atoms with Crippen molar-refractivity contribution in [2.45, 2.75) is 47.0 Å². The molecule has 0 aromatic rings. The van der Waals surface area contributed by atoms with Crippen LogP contribution in [0, 0.1) is 0 Å². The van der Waals surface area contributed by atoms with Crippen LogP contribution >= 0.6 is 0 Å². The van der Waals surface area contributed by atoms with E-state index in [2.05, 4.69) is 38.7 Å². The lowest BCUT2D eigenvalue weighted by molar-refractivity contribution is 0.306. The van der Waals surface area contributed by atoms with Gasteiger partial charge in [-0.05, 0) is 32.9 Å². The maximum absolute atomic E-state index is 2.52. The van der Waals surface area contributed by atoms with Crippen LogP contribution in [0.1, 0.15) is 47.0 Å². The predicted molar refractivity (Wildman–Crippen MR) is 61.1 cm³/mol. The van der Waals surface area contributed by atoms with Gasteiger partial charge in [0, 0.05) is 6.54 Å². The lowest BCUT2D eigenvalue weighted by atomic mass is 10.2. The average molecular weight is 183 g/mol. The van der Waals surface area contributed by atoms with Gasteiger partial charge >= 0.3 is 0 Å². The van der Waals surface area contributed by atoms with E-state index in [0.29, 0.717) is 0 Å². The molecule has 0 rings (SSSR count). The Morgan fingerprint density at radius 1 is 1.23 bits per heavy atom. The SMILES string of the molecule is CC/C=C(\C)CN(CC)CCCC. The molecule has 0 amide bonds. The molecule has 0 aliphatic carbocycles. The molecule has 0 radical (unpaired) electrons. The van der Waals surface area contributed by atoms with Crippen molar-refractivity contribution in [2.75, 3.05) is 19.6 Å². The summed E-state index contributed by atoms with van der Waals surface area (Å²) < 4.78 is 0. The molecule has 1 heteroatoms. The third kappa shape index (κ3) is 6.83. The van der Waals surface area contributed by atoms with Crippen molar-refractivity contribution in [3.63, 3.8) is 0 Å². The number of unbranched alkanes of at least 4 members (excludes halogenated alkanes) is 1. The van der Waals surface area contributed by atoms with Gasteiger partial charge in [0.2, 0.25) is 0 Å². The van der Waals surface area contributed by atoms with Gasteiger partial charge in [-0.1, -0.05) is 38.8 Å². The topological polar surface area (TPSA) is 3.24 Å². The maximum Gasteiger partial charge on any atom is 0.0189 e. The fourth-order valence-electron chi connectivity index (χ4n) is 1.50. The van der Waals surface area contributed by atoms with Crippen molar-refractivity contribution in [1.82, 2.24) is 4.90 Å². The van der Waals surface area contributed by atoms with Crippen LogP contribution in [-0.2, 0) is 0 Å². The standard InChI is InChI=1S/C12H25N/c1-5-8-10-13(7-3)11-12(4)9-6-2/h9H,5-8,10-11H2,1-4H3/b12-9+. The Labute approximate surface area is 83.8 Å². The molecular weight excluding hydrogens is 158 g/mol. The average Bonchev–Trinajstić information content (AvgIpc) is 2.12. The molecule has 0 atom stereocenters. The Balaban J connectivity index is 3.75. The van der Waals surface area contributed by atoms with E-state index < -0.39 is 0 Å². The second-order valence-electron chi connectivity index (χ2n) is 3.68. The molecule has 0 aromatic heterocycles. The van der Waals surface area contributed by atoms with Gasteiger partial charge in [0.1, 0.15) is 0 Å². The number of likely N-dealkylation sites (N-methyl/N-ethyl adjacent to an activating group) is 1. The van der Waals surface area contributed by atoms with Crippen LogP contribution in [0.4, 0.5) is 0 Å². The van der Waals surface area contributed by atoms with Gasteiger partial charge in [-0.15, -0.1) is 0 Å². The first-order valence-electron chi connectivity index (χ1n) is 5.62. The molecule has 1 nitrogen and oxygen atoms in total. The zero-order valence-corrected chi connectivity index (χ0v) is 9.77. The van der Waals surface area contributed by atoms with Crippen LogP contribution < -0.4 is 0 Å². The molecule has 0 N–H and O–H groups in total. The minimum absolute atomic E-state index is 1.16. The first kappa shape index (κ1) is 12.7. The van der Waals surface area contributed by atoms with Crippen LogP contribution in [0.15, 0.2) is 11.6 Å². The van der Waals surface area contributed by atoms with Crippen LogP contribution in [0.25, 0.3) is 0 Å². The summed E-state index contributed by atoms with van der Waals surface area (Å²) in [5, 5.41) is 0. The largest absolute Gasteiger partial charge is 0.300 e. The lowest BCUT2D eigenvalue weighted by Crippen LogP contribution is -2.26. The predicted octanol–water partition coefficient (Wildman–Crippen LogP) is 3.46. The number of hydrogen-bond donors (Lipinski definition) is 0. The number of nitrogens with zero attached hydrogens (tertiary/aromatic N) is 1. The van der Waals surface area contributed by atoms with Crippen molar-refractivity contribution in [3.8, 4) is 0 Å². The summed E-state index contributed by atoms with van der Waals surface area (Å²) in [6.07, 6.45) is 6.12. The Hall–Kier alpha value is -0.300. The van der Waals surface area contributed by atoms with E-state index in [-0.39, 0.29) is 0 Å². The van der Waals surface area contributed by atoms with E-state index in [9.17, 15) is 0 Å². The molecule has 0 aromatic carbocycles. The van der Waals surface area contributed by atoms with Gasteiger partial charge in [0.15, 0.2) is 0 Å². The van der Waals surface area contributed by atoms with Gasteiger partial charge in [-0.25, -0.2) is 0 Å². The fraction of sp³-hybridized carbons (Fsp3) is 0.833. The number of hydrogen-bond acceptors (Lipinski definition) is 1. The molecule has 0 heterocycles. The Morgan fingerprint density at radius 2 is 1.92 bits per heavy atom. The molecule has 0 bridgehead atoms. The van der Waals surface area contributed by atoms with Crippen molar-refractivity contribution >= 4 is 0 Å². The Morgan fingerprint density at radius 3 is 2.38 bits per heavy atom. The van der Waals surface area contributed by atoms with Crippen LogP contribution in [-0.4, -0.2) is 24.5 Å². The van der Waals surface area contributed by atoms with Crippen molar-refractivity contribution in [2.24, 2.45) is 0 Å². The molecule has 0 saturated heterocycles. The van der Waals surface area contributed by atoms with E-state index in [4.69, 9.17) is 0 Å². The molecule has 13 heavy (non-hydrogen) atoms. The summed E-state index contributed by atoms with van der Waals surface area (Å²) >= 11 is 0. The summed E-state index contributed by atoms with van der Waals surface area (Å²) in [6.45, 7) is 12.5. The summed E-state index contributed by atoms with van der Waals surface area (Å²) in [6, 6.07) is 0. The van der Waals surface area contributed by atoms with E-state index in [0.717, 1.165) is 13.0 Å². The molecule has 0 aliphatic rings. The third-order valence-corrected chi connectivity index (χ3v) is 2.30. The number of allylic oxidation sites excluding steroid dienone is 1. The third-order valence-electron chi connectivity index (χ3n) is 2.30. The summed E-state index contributed by atoms with van der Waals surface area (Å²) in [7, 11) is 0. The van der Waals surface area contributed by atoms with Gasteiger partial charge in [0.05, 0.1) is 0 Å². The van der Waals surface area contributed by atoms with E-state index >= 15 is 0 Å². The number of rotatable bonds is 7. The first-order chi connectivity index (χ1) is 6.24. The molecule has 78 valence electrons. The highest BCUT2D eigenvalue weighted by atomic mass is 15.1. The zero-order chi connectivity index (χ0) is 10.1. The summed E-state index contributed by atoms with van der Waals surface area (Å²) in [5.41, 5.74) is 1.51. The zero-order valence-electron chi connectivity index (χ0n) is 9.77. The second-order valence-corrected chi connectivity index (χ2v) is 3.68. The van der Waals surface area contributed by atoms with Crippen LogP contribution in [0.5, 0.6) is 0 Å². The Kier molecular flexibility index (Phi) is 8.11. The van der Waals surface area contributed by atoms with Crippen molar-refractivity contribution in [3.05, 3.63) is 11.6 Å². The minimum Gasteiger partial charge on any atom is -0.300 e. The summed E-state index contributed by atoms with van der Waals surface area (Å²) in [5.74, 6) is 0. The highest BCUT2D eigenvalue weighted by Gasteiger charge is 2.01. The normalized spacial score (nSPS) is 12.5. The highest BCUT2D eigenvalue weighted by molar-refractivity contribution is 4.99. The first-order valence-corrected chi connectivity index (χ1v) is 5.62. The van der Waals surface area contributed by atoms with Crippen LogP contribution in [0.3, 0.4) is 0 Å². The van der Waals surface area contributed by atoms with Gasteiger partial charge < -0.3 is 0 Å². The van der Waals surface area contributed by atoms with Gasteiger partial charge in [-0.2, -0.15) is 0 Å². The Bertz CT molecular complexity index is 138. The molecular formula is C12H25N. The van der Waals surface area contributed by atoms with Gasteiger partial charge in [-0.3, -0.25) is 4.90 Å². The molecule has 0 unspecified atom stereocenters. The quantitative estimate of drug-likeness (QED) is 0.546. The highest BCUT2D eigenvalue weighted by Crippen LogP contribution is 2.01. The van der Waals surface area contributed by atoms with E-state index in [1.807, 2.05) is 0 Å². The van der Waals surface area contributed by atoms with E-state index in [1.54, 1.807) is 0 Å². The molecule has 0 spiro atoms. The lowest BCUT2D eigenvalue weighted by Gasteiger charge is -2.20.